The molecule has 158 valence electrons. The van der Waals surface area contributed by atoms with E-state index in [0.29, 0.717) is 17.2 Å². The van der Waals surface area contributed by atoms with Crippen LogP contribution in [0.15, 0.2) is 39.1 Å². The molecule has 0 aliphatic carbocycles. The highest BCUT2D eigenvalue weighted by Gasteiger charge is 2.38. The second-order valence-corrected chi connectivity index (χ2v) is 6.93. The van der Waals surface area contributed by atoms with E-state index in [4.69, 9.17) is 20.1 Å². The summed E-state index contributed by atoms with van der Waals surface area (Å²) in [7, 11) is 0. The maximum atomic E-state index is 12.1. The largest absolute Gasteiger partial charge is 0.490 e. The van der Waals surface area contributed by atoms with Crippen LogP contribution in [0, 0.1) is 6.92 Å². The third kappa shape index (κ3) is 5.89. The molecule has 3 aromatic rings. The smallest absolute Gasteiger partial charge is 0.475 e. The number of nitrogens with one attached hydrogen (secondary N) is 1. The lowest BCUT2D eigenvalue weighted by atomic mass is 10.1. The van der Waals surface area contributed by atoms with Gasteiger partial charge in [-0.1, -0.05) is 0 Å². The van der Waals surface area contributed by atoms with Gasteiger partial charge in [-0.2, -0.15) is 13.2 Å². The molecular formula is C17H19F3N4O4S. The van der Waals surface area contributed by atoms with E-state index in [-0.39, 0.29) is 17.6 Å². The van der Waals surface area contributed by atoms with E-state index in [9.17, 15) is 18.0 Å². The van der Waals surface area contributed by atoms with Gasteiger partial charge in [0.05, 0.1) is 18.0 Å². The number of nitrogens with two attached hydrogens (primary N) is 1. The van der Waals surface area contributed by atoms with E-state index < -0.39 is 12.1 Å². The molecule has 3 aromatic heterocycles. The van der Waals surface area contributed by atoms with Crippen LogP contribution in [-0.2, 0) is 11.3 Å². The zero-order chi connectivity index (χ0) is 21.8. The zero-order valence-electron chi connectivity index (χ0n) is 15.4. The number of hydrogen-bond acceptors (Lipinski definition) is 7. The molecule has 0 amide bonds. The van der Waals surface area contributed by atoms with Crippen molar-refractivity contribution in [3.8, 4) is 0 Å². The fourth-order valence-corrected chi connectivity index (χ4v) is 3.20. The number of rotatable bonds is 5. The van der Waals surface area contributed by atoms with Crippen LogP contribution in [-0.4, -0.2) is 32.7 Å². The van der Waals surface area contributed by atoms with Gasteiger partial charge < -0.3 is 20.6 Å². The van der Waals surface area contributed by atoms with E-state index >= 15 is 0 Å². The van der Waals surface area contributed by atoms with Crippen LogP contribution in [0.4, 0.5) is 13.2 Å². The Labute approximate surface area is 166 Å². The monoisotopic (exact) mass is 432 g/mol. The number of fused-ring (bicyclic) bond motifs is 1. The van der Waals surface area contributed by atoms with Crippen molar-refractivity contribution < 1.29 is 27.5 Å². The Kier molecular flexibility index (Phi) is 7.16. The standard InChI is InChI=1S/C15H18N4O2S.C2HF3O2/c1-9-8-22-15-18-11(6-13(20)19(9)15)7-17-10(2)14(16)12-4-3-5-21-12;3-2(4,5)1(6)7/h3-6,8,10,14,17H,7,16H2,1-2H3;(H,6,7). The molecule has 0 saturated carbocycles. The van der Waals surface area contributed by atoms with Crippen molar-refractivity contribution in [3.05, 3.63) is 57.3 Å². The summed E-state index contributed by atoms with van der Waals surface area (Å²) in [4.78, 5) is 26.2. The molecule has 3 heterocycles. The number of aliphatic carboxylic acids is 1. The fraction of sp³-hybridized carbons (Fsp3) is 0.353. The van der Waals surface area contributed by atoms with E-state index in [0.717, 1.165) is 11.5 Å². The van der Waals surface area contributed by atoms with Crippen molar-refractivity contribution >= 4 is 22.3 Å². The molecular weight excluding hydrogens is 413 g/mol. The van der Waals surface area contributed by atoms with Crippen LogP contribution >= 0.6 is 11.3 Å². The second-order valence-electron chi connectivity index (χ2n) is 6.09. The van der Waals surface area contributed by atoms with Gasteiger partial charge in [0.25, 0.3) is 5.56 Å². The average Bonchev–Trinajstić information content (AvgIpc) is 3.29. The molecule has 0 bridgehead atoms. The molecule has 2 unspecified atom stereocenters. The topological polar surface area (TPSA) is 123 Å². The second kappa shape index (κ2) is 9.20. The lowest BCUT2D eigenvalue weighted by Gasteiger charge is -2.19. The zero-order valence-corrected chi connectivity index (χ0v) is 16.3. The lowest BCUT2D eigenvalue weighted by molar-refractivity contribution is -0.192. The van der Waals surface area contributed by atoms with Crippen molar-refractivity contribution in [2.24, 2.45) is 5.73 Å². The van der Waals surface area contributed by atoms with Gasteiger partial charge in [-0.25, -0.2) is 9.78 Å². The van der Waals surface area contributed by atoms with Gasteiger partial charge in [0, 0.05) is 29.7 Å². The first-order valence-electron chi connectivity index (χ1n) is 8.30. The third-order valence-corrected chi connectivity index (χ3v) is 4.83. The van der Waals surface area contributed by atoms with Gasteiger partial charge >= 0.3 is 12.1 Å². The molecule has 0 aliphatic rings. The summed E-state index contributed by atoms with van der Waals surface area (Å²) >= 11 is 1.47. The quantitative estimate of drug-likeness (QED) is 0.566. The van der Waals surface area contributed by atoms with Gasteiger partial charge in [0.1, 0.15) is 5.76 Å². The Bertz CT molecular complexity index is 1010. The maximum absolute atomic E-state index is 12.1. The van der Waals surface area contributed by atoms with E-state index in [1.54, 1.807) is 16.7 Å². The van der Waals surface area contributed by atoms with Crippen LogP contribution in [0.5, 0.6) is 0 Å². The highest BCUT2D eigenvalue weighted by molar-refractivity contribution is 7.15. The number of hydrogen-bond donors (Lipinski definition) is 3. The normalized spacial score (nSPS) is 13.6. The molecule has 0 spiro atoms. The van der Waals surface area contributed by atoms with Gasteiger partial charge in [-0.3, -0.25) is 9.20 Å². The SMILES string of the molecule is Cc1csc2nc(CNC(C)C(N)c3ccco3)cc(=O)n12.O=C(O)C(F)(F)F. The van der Waals surface area contributed by atoms with Crippen molar-refractivity contribution in [1.29, 1.82) is 0 Å². The summed E-state index contributed by atoms with van der Waals surface area (Å²) in [5.41, 5.74) is 7.70. The average molecular weight is 432 g/mol. The maximum Gasteiger partial charge on any atom is 0.490 e. The molecule has 4 N–H and O–H groups in total. The van der Waals surface area contributed by atoms with Crippen LogP contribution in [0.2, 0.25) is 0 Å². The molecule has 29 heavy (non-hydrogen) atoms. The van der Waals surface area contributed by atoms with Crippen LogP contribution in [0.25, 0.3) is 4.96 Å². The molecule has 0 aliphatic heterocycles. The first kappa shape index (κ1) is 22.6. The van der Waals surface area contributed by atoms with Gasteiger partial charge in [-0.05, 0) is 26.0 Å². The number of furan rings is 1. The highest BCUT2D eigenvalue weighted by Crippen LogP contribution is 2.15. The van der Waals surface area contributed by atoms with Crippen LogP contribution in [0.3, 0.4) is 0 Å². The number of halogens is 3. The summed E-state index contributed by atoms with van der Waals surface area (Å²) in [5.74, 6) is -2.02. The minimum Gasteiger partial charge on any atom is -0.475 e. The van der Waals surface area contributed by atoms with Gasteiger partial charge in [0.15, 0.2) is 4.96 Å². The predicted octanol–water partition coefficient (Wildman–Crippen LogP) is 2.47. The Hall–Kier alpha value is -2.70. The molecule has 12 heteroatoms. The minimum absolute atomic E-state index is 0.00326. The lowest BCUT2D eigenvalue weighted by Crippen LogP contribution is -2.36. The van der Waals surface area contributed by atoms with E-state index in [1.807, 2.05) is 31.4 Å². The van der Waals surface area contributed by atoms with Gasteiger partial charge in [-0.15, -0.1) is 11.3 Å². The van der Waals surface area contributed by atoms with Crippen molar-refractivity contribution in [3.63, 3.8) is 0 Å². The predicted molar refractivity (Wildman–Crippen MR) is 99.7 cm³/mol. The number of carbonyl (C=O) groups is 1. The summed E-state index contributed by atoms with van der Waals surface area (Å²) in [5, 5.41) is 12.3. The Morgan fingerprint density at radius 3 is 2.69 bits per heavy atom. The first-order chi connectivity index (χ1) is 13.5. The molecule has 8 nitrogen and oxygen atoms in total. The molecule has 2 atom stereocenters. The Balaban J connectivity index is 0.000000370. The summed E-state index contributed by atoms with van der Waals surface area (Å²) in [6.45, 7) is 4.36. The van der Waals surface area contributed by atoms with E-state index in [1.165, 1.54) is 11.3 Å². The first-order valence-corrected chi connectivity index (χ1v) is 9.18. The number of carboxylic acid groups (broad SMARTS) is 1. The Morgan fingerprint density at radius 1 is 1.48 bits per heavy atom. The molecule has 0 fully saturated rings. The minimum atomic E-state index is -5.08. The van der Waals surface area contributed by atoms with Crippen LogP contribution < -0.4 is 16.6 Å². The van der Waals surface area contributed by atoms with Crippen molar-refractivity contribution in [2.45, 2.75) is 38.7 Å². The van der Waals surface area contributed by atoms with E-state index in [2.05, 4.69) is 10.3 Å². The number of carboxylic acids is 1. The number of aryl methyl sites for hydroxylation is 1. The summed E-state index contributed by atoms with van der Waals surface area (Å²) < 4.78 is 38.7. The Morgan fingerprint density at radius 2 is 2.14 bits per heavy atom. The highest BCUT2D eigenvalue weighted by atomic mass is 32.1. The van der Waals surface area contributed by atoms with Crippen molar-refractivity contribution in [2.75, 3.05) is 0 Å². The van der Waals surface area contributed by atoms with Crippen LogP contribution in [0.1, 0.15) is 30.1 Å². The third-order valence-electron chi connectivity index (χ3n) is 3.89. The molecule has 0 saturated heterocycles. The summed E-state index contributed by atoms with van der Waals surface area (Å²) in [6.07, 6.45) is -3.47. The molecule has 0 aromatic carbocycles. The molecule has 0 radical (unpaired) electrons. The fourth-order valence-electron chi connectivity index (χ4n) is 2.31. The number of nitrogens with zero attached hydrogens (tertiary/aromatic N) is 2. The molecule has 3 rings (SSSR count). The number of thiazole rings is 1. The summed E-state index contributed by atoms with van der Waals surface area (Å²) in [6, 6.07) is 4.98. The number of alkyl halides is 3. The number of aromatic nitrogens is 2. The van der Waals surface area contributed by atoms with Gasteiger partial charge in [0.2, 0.25) is 0 Å². The van der Waals surface area contributed by atoms with Crippen molar-refractivity contribution in [1.82, 2.24) is 14.7 Å².